The molecule has 2 aromatic rings. The summed E-state index contributed by atoms with van der Waals surface area (Å²) in [5.41, 5.74) is 3.68. The van der Waals surface area contributed by atoms with Gasteiger partial charge in [0.05, 0.1) is 5.56 Å². The zero-order valence-electron chi connectivity index (χ0n) is 10.6. The number of benzene rings is 2. The maximum atomic E-state index is 13.5. The van der Waals surface area contributed by atoms with Gasteiger partial charge in [-0.15, -0.1) is 0 Å². The normalized spacial score (nSPS) is 11.5. The highest BCUT2D eigenvalue weighted by atomic mass is 19.4. The number of hydrogen-bond acceptors (Lipinski definition) is 2. The average Bonchev–Trinajstić information content (AvgIpc) is 2.36. The van der Waals surface area contributed by atoms with Gasteiger partial charge in [0.2, 0.25) is 0 Å². The van der Waals surface area contributed by atoms with Gasteiger partial charge in [0.15, 0.2) is 11.6 Å². The minimum Gasteiger partial charge on any atom is -0.399 e. The highest BCUT2D eigenvalue weighted by molar-refractivity contribution is 5.54. The Bertz CT molecular complexity index is 629. The van der Waals surface area contributed by atoms with E-state index in [-0.39, 0.29) is 17.8 Å². The number of nitrogens with one attached hydrogen (secondary N) is 1. The first kappa shape index (κ1) is 15.1. The molecule has 2 rings (SSSR count). The van der Waals surface area contributed by atoms with Crippen LogP contribution in [0.15, 0.2) is 36.4 Å². The predicted octanol–water partition coefficient (Wildman–Crippen LogP) is 4.18. The van der Waals surface area contributed by atoms with Gasteiger partial charge in [-0.25, -0.2) is 8.78 Å². The average molecular weight is 302 g/mol. The molecule has 0 aliphatic heterocycles. The first-order valence-corrected chi connectivity index (χ1v) is 5.92. The summed E-state index contributed by atoms with van der Waals surface area (Å²) >= 11 is 0. The number of alkyl halides is 3. The van der Waals surface area contributed by atoms with E-state index in [0.717, 1.165) is 18.2 Å². The van der Waals surface area contributed by atoms with Gasteiger partial charge in [-0.05, 0) is 23.8 Å². The summed E-state index contributed by atoms with van der Waals surface area (Å²) in [4.78, 5) is 0. The molecule has 0 radical (unpaired) electrons. The molecule has 0 bridgehead atoms. The number of nitrogens with two attached hydrogens (primary N) is 1. The van der Waals surface area contributed by atoms with E-state index in [2.05, 4.69) is 5.32 Å². The minimum absolute atomic E-state index is 0.105. The van der Waals surface area contributed by atoms with Gasteiger partial charge >= 0.3 is 6.18 Å². The van der Waals surface area contributed by atoms with E-state index in [9.17, 15) is 22.0 Å². The summed E-state index contributed by atoms with van der Waals surface area (Å²) in [6.45, 7) is -0.368. The number of anilines is 2. The van der Waals surface area contributed by atoms with Crippen molar-refractivity contribution in [2.75, 3.05) is 11.1 Å². The molecule has 0 heterocycles. The van der Waals surface area contributed by atoms with Crippen LogP contribution in [-0.4, -0.2) is 0 Å². The van der Waals surface area contributed by atoms with Crippen LogP contribution in [0.4, 0.5) is 33.3 Å². The Balaban J connectivity index is 2.26. The molecule has 0 fully saturated rings. The smallest absolute Gasteiger partial charge is 0.399 e. The number of halogens is 5. The molecule has 0 aromatic heterocycles. The van der Waals surface area contributed by atoms with Gasteiger partial charge in [0, 0.05) is 12.2 Å². The fraction of sp³-hybridized carbons (Fsp3) is 0.143. The summed E-state index contributed by atoms with van der Waals surface area (Å²) in [5.74, 6) is -1.92. The fourth-order valence-electron chi connectivity index (χ4n) is 1.90. The molecule has 0 unspecified atom stereocenters. The van der Waals surface area contributed by atoms with Crippen molar-refractivity contribution in [3.8, 4) is 0 Å². The van der Waals surface area contributed by atoms with Gasteiger partial charge < -0.3 is 11.1 Å². The van der Waals surface area contributed by atoms with Gasteiger partial charge in [0.1, 0.15) is 5.69 Å². The zero-order chi connectivity index (χ0) is 15.6. The molecule has 7 heteroatoms. The van der Waals surface area contributed by atoms with Crippen LogP contribution in [-0.2, 0) is 12.7 Å². The highest BCUT2D eigenvalue weighted by Crippen LogP contribution is 2.32. The SMILES string of the molecule is Nc1cc(F)c(NCc2ccccc2C(F)(F)F)c(F)c1. The topological polar surface area (TPSA) is 38.0 Å². The largest absolute Gasteiger partial charge is 0.416 e. The molecule has 3 N–H and O–H groups in total. The third-order valence-electron chi connectivity index (χ3n) is 2.84. The third-order valence-corrected chi connectivity index (χ3v) is 2.84. The van der Waals surface area contributed by atoms with Gasteiger partial charge in [0.25, 0.3) is 0 Å². The number of nitrogen functional groups attached to an aromatic ring is 1. The highest BCUT2D eigenvalue weighted by Gasteiger charge is 2.32. The predicted molar refractivity (Wildman–Crippen MR) is 69.5 cm³/mol. The molecule has 112 valence electrons. The molecule has 0 spiro atoms. The Morgan fingerprint density at radius 3 is 2.14 bits per heavy atom. The molecule has 0 saturated carbocycles. The third kappa shape index (κ3) is 3.42. The van der Waals surface area contributed by atoms with E-state index >= 15 is 0 Å². The Morgan fingerprint density at radius 2 is 1.57 bits per heavy atom. The fourth-order valence-corrected chi connectivity index (χ4v) is 1.90. The van der Waals surface area contributed by atoms with E-state index in [1.54, 1.807) is 0 Å². The lowest BCUT2D eigenvalue weighted by molar-refractivity contribution is -0.138. The summed E-state index contributed by atoms with van der Waals surface area (Å²) in [6, 6.07) is 6.59. The van der Waals surface area contributed by atoms with E-state index < -0.39 is 29.1 Å². The lowest BCUT2D eigenvalue weighted by atomic mass is 10.1. The second-order valence-corrected chi connectivity index (χ2v) is 4.37. The van der Waals surface area contributed by atoms with Crippen LogP contribution in [0.2, 0.25) is 0 Å². The maximum Gasteiger partial charge on any atom is 0.416 e. The molecule has 2 aromatic carbocycles. The quantitative estimate of drug-likeness (QED) is 0.659. The van der Waals surface area contributed by atoms with Crippen molar-refractivity contribution in [2.24, 2.45) is 0 Å². The van der Waals surface area contributed by atoms with Crippen LogP contribution in [0.1, 0.15) is 11.1 Å². The first-order valence-electron chi connectivity index (χ1n) is 5.92. The van der Waals surface area contributed by atoms with E-state index in [4.69, 9.17) is 5.73 Å². The molecular weight excluding hydrogens is 291 g/mol. The molecule has 2 nitrogen and oxygen atoms in total. The second kappa shape index (κ2) is 5.59. The second-order valence-electron chi connectivity index (χ2n) is 4.37. The molecule has 0 saturated heterocycles. The molecular formula is C14H11F5N2. The van der Waals surface area contributed by atoms with Crippen molar-refractivity contribution < 1.29 is 22.0 Å². The lowest BCUT2D eigenvalue weighted by Crippen LogP contribution is -2.12. The number of rotatable bonds is 3. The first-order chi connectivity index (χ1) is 9.79. The molecule has 21 heavy (non-hydrogen) atoms. The van der Waals surface area contributed by atoms with Crippen LogP contribution in [0.5, 0.6) is 0 Å². The van der Waals surface area contributed by atoms with Crippen molar-refractivity contribution >= 4 is 11.4 Å². The van der Waals surface area contributed by atoms with Crippen molar-refractivity contribution in [1.29, 1.82) is 0 Å². The van der Waals surface area contributed by atoms with Crippen LogP contribution in [0, 0.1) is 11.6 Å². The lowest BCUT2D eigenvalue weighted by Gasteiger charge is -2.14. The zero-order valence-corrected chi connectivity index (χ0v) is 10.6. The van der Waals surface area contributed by atoms with Gasteiger partial charge in [-0.3, -0.25) is 0 Å². The van der Waals surface area contributed by atoms with Gasteiger partial charge in [-0.2, -0.15) is 13.2 Å². The maximum absolute atomic E-state index is 13.5. The van der Waals surface area contributed by atoms with Crippen molar-refractivity contribution in [3.63, 3.8) is 0 Å². The molecule has 0 amide bonds. The summed E-state index contributed by atoms with van der Waals surface area (Å²) < 4.78 is 65.5. The van der Waals surface area contributed by atoms with E-state index in [0.29, 0.717) is 0 Å². The van der Waals surface area contributed by atoms with Crippen LogP contribution in [0.3, 0.4) is 0 Å². The number of hydrogen-bond donors (Lipinski definition) is 2. The summed E-state index contributed by atoms with van der Waals surface area (Å²) in [5, 5.41) is 2.33. The van der Waals surface area contributed by atoms with Crippen molar-refractivity contribution in [1.82, 2.24) is 0 Å². The van der Waals surface area contributed by atoms with Gasteiger partial charge in [-0.1, -0.05) is 18.2 Å². The Hall–Kier alpha value is -2.31. The Labute approximate surface area is 117 Å². The Morgan fingerprint density at radius 1 is 1.00 bits per heavy atom. The van der Waals surface area contributed by atoms with Crippen molar-refractivity contribution in [2.45, 2.75) is 12.7 Å². The monoisotopic (exact) mass is 302 g/mol. The molecule has 0 aliphatic carbocycles. The minimum atomic E-state index is -4.53. The van der Waals surface area contributed by atoms with Crippen LogP contribution in [0.25, 0.3) is 0 Å². The van der Waals surface area contributed by atoms with E-state index in [1.807, 2.05) is 0 Å². The Kier molecular flexibility index (Phi) is 4.02. The summed E-state index contributed by atoms with van der Waals surface area (Å²) in [6.07, 6.45) is -4.53. The molecule has 0 aliphatic rings. The van der Waals surface area contributed by atoms with Crippen molar-refractivity contribution in [3.05, 3.63) is 59.2 Å². The van der Waals surface area contributed by atoms with Crippen LogP contribution >= 0.6 is 0 Å². The molecule has 0 atom stereocenters. The standard InChI is InChI=1S/C14H11F5N2/c15-11-5-9(20)6-12(16)13(11)21-7-8-3-1-2-4-10(8)14(17,18)19/h1-6,21H,7,20H2. The van der Waals surface area contributed by atoms with E-state index in [1.165, 1.54) is 18.2 Å². The summed E-state index contributed by atoms with van der Waals surface area (Å²) in [7, 11) is 0. The van der Waals surface area contributed by atoms with Crippen LogP contribution < -0.4 is 11.1 Å².